The first-order valence-corrected chi connectivity index (χ1v) is 9.64. The third-order valence-corrected chi connectivity index (χ3v) is 4.62. The van der Waals surface area contributed by atoms with E-state index in [1.807, 2.05) is 0 Å². The summed E-state index contributed by atoms with van der Waals surface area (Å²) >= 11 is 0. The van der Waals surface area contributed by atoms with Crippen molar-refractivity contribution in [3.05, 3.63) is 47.5 Å². The van der Waals surface area contributed by atoms with Crippen LogP contribution in [0.25, 0.3) is 0 Å². The minimum Gasteiger partial charge on any atom is -0.493 e. The van der Waals surface area contributed by atoms with E-state index >= 15 is 0 Å². The van der Waals surface area contributed by atoms with Crippen molar-refractivity contribution in [1.29, 1.82) is 0 Å². The Morgan fingerprint density at radius 1 is 0.903 bits per heavy atom. The SMILES string of the molecule is COc1ccc(C(=O)OCC(=O)Nc2ccccc2C(=O)NC2CC2)c(OC)c1OC. The van der Waals surface area contributed by atoms with Gasteiger partial charge in [0.15, 0.2) is 18.1 Å². The maximum absolute atomic E-state index is 12.5. The lowest BCUT2D eigenvalue weighted by Crippen LogP contribution is -2.28. The highest BCUT2D eigenvalue weighted by atomic mass is 16.5. The molecule has 0 aliphatic heterocycles. The average molecular weight is 428 g/mol. The van der Waals surface area contributed by atoms with Crippen LogP contribution < -0.4 is 24.8 Å². The van der Waals surface area contributed by atoms with E-state index in [0.29, 0.717) is 17.0 Å². The quantitative estimate of drug-likeness (QED) is 0.590. The number of carbonyl (C=O) groups is 3. The van der Waals surface area contributed by atoms with Gasteiger partial charge < -0.3 is 29.6 Å². The molecule has 0 heterocycles. The Bertz CT molecular complexity index is 986. The topological polar surface area (TPSA) is 112 Å². The molecule has 0 spiro atoms. The van der Waals surface area contributed by atoms with Crippen LogP contribution in [-0.4, -0.2) is 51.8 Å². The number of ether oxygens (including phenoxy) is 4. The predicted molar refractivity (Wildman–Crippen MR) is 112 cm³/mol. The predicted octanol–water partition coefficient (Wildman–Crippen LogP) is 2.40. The van der Waals surface area contributed by atoms with Gasteiger partial charge in [0.25, 0.3) is 11.8 Å². The number of hydrogen-bond acceptors (Lipinski definition) is 7. The van der Waals surface area contributed by atoms with Crippen LogP contribution in [-0.2, 0) is 9.53 Å². The first kappa shape index (κ1) is 21.9. The summed E-state index contributed by atoms with van der Waals surface area (Å²) in [5.41, 5.74) is 0.762. The van der Waals surface area contributed by atoms with Gasteiger partial charge in [0.2, 0.25) is 5.75 Å². The van der Waals surface area contributed by atoms with Crippen LogP contribution in [0.5, 0.6) is 17.2 Å². The lowest BCUT2D eigenvalue weighted by molar-refractivity contribution is -0.119. The molecule has 1 aliphatic carbocycles. The second kappa shape index (κ2) is 9.84. The molecule has 0 radical (unpaired) electrons. The summed E-state index contributed by atoms with van der Waals surface area (Å²) in [4.78, 5) is 37.2. The van der Waals surface area contributed by atoms with Crippen molar-refractivity contribution in [2.45, 2.75) is 18.9 Å². The van der Waals surface area contributed by atoms with Gasteiger partial charge in [-0.1, -0.05) is 12.1 Å². The number of amides is 2. The van der Waals surface area contributed by atoms with Gasteiger partial charge in [-0.15, -0.1) is 0 Å². The van der Waals surface area contributed by atoms with Crippen molar-refractivity contribution in [3.8, 4) is 17.2 Å². The lowest BCUT2D eigenvalue weighted by Gasteiger charge is -2.15. The zero-order valence-corrected chi connectivity index (χ0v) is 17.5. The van der Waals surface area contributed by atoms with Gasteiger partial charge in [-0.25, -0.2) is 4.79 Å². The molecule has 2 N–H and O–H groups in total. The summed E-state index contributed by atoms with van der Waals surface area (Å²) in [6.07, 6.45) is 1.91. The van der Waals surface area contributed by atoms with Crippen molar-refractivity contribution < 1.29 is 33.3 Å². The van der Waals surface area contributed by atoms with E-state index in [1.165, 1.54) is 33.5 Å². The van der Waals surface area contributed by atoms with E-state index in [4.69, 9.17) is 18.9 Å². The molecule has 1 aliphatic rings. The molecule has 1 saturated carbocycles. The Kier molecular flexibility index (Phi) is 6.96. The fraction of sp³-hybridized carbons (Fsp3) is 0.318. The van der Waals surface area contributed by atoms with Crippen molar-refractivity contribution in [2.24, 2.45) is 0 Å². The minimum absolute atomic E-state index is 0.0807. The van der Waals surface area contributed by atoms with Gasteiger partial charge in [0, 0.05) is 6.04 Å². The molecule has 1 fully saturated rings. The molecular weight excluding hydrogens is 404 g/mol. The Labute approximate surface area is 179 Å². The van der Waals surface area contributed by atoms with Crippen LogP contribution in [0.2, 0.25) is 0 Å². The highest BCUT2D eigenvalue weighted by Crippen LogP contribution is 2.39. The number of esters is 1. The largest absolute Gasteiger partial charge is 0.493 e. The van der Waals surface area contributed by atoms with Gasteiger partial charge in [0.1, 0.15) is 5.56 Å². The molecule has 3 rings (SSSR count). The summed E-state index contributed by atoms with van der Waals surface area (Å²) in [6.45, 7) is -0.547. The van der Waals surface area contributed by atoms with Crippen LogP contribution in [0.15, 0.2) is 36.4 Å². The van der Waals surface area contributed by atoms with Crippen LogP contribution in [0.1, 0.15) is 33.6 Å². The van der Waals surface area contributed by atoms with E-state index < -0.39 is 18.5 Å². The Hall–Kier alpha value is -3.75. The van der Waals surface area contributed by atoms with Crippen LogP contribution in [0, 0.1) is 0 Å². The molecule has 31 heavy (non-hydrogen) atoms. The number of nitrogens with one attached hydrogen (secondary N) is 2. The van der Waals surface area contributed by atoms with E-state index in [-0.39, 0.29) is 29.0 Å². The number of methoxy groups -OCH3 is 3. The van der Waals surface area contributed by atoms with Gasteiger partial charge in [-0.3, -0.25) is 9.59 Å². The lowest BCUT2D eigenvalue weighted by atomic mass is 10.1. The Morgan fingerprint density at radius 2 is 1.61 bits per heavy atom. The van der Waals surface area contributed by atoms with E-state index in [2.05, 4.69) is 10.6 Å². The third kappa shape index (κ3) is 5.25. The van der Waals surface area contributed by atoms with Crippen molar-refractivity contribution >= 4 is 23.5 Å². The fourth-order valence-corrected chi connectivity index (χ4v) is 2.94. The Balaban J connectivity index is 1.65. The summed E-state index contributed by atoms with van der Waals surface area (Å²) in [6, 6.07) is 9.82. The zero-order chi connectivity index (χ0) is 22.4. The standard InChI is InChI=1S/C22H24N2O7/c1-28-17-11-10-15(19(29-2)20(17)30-3)22(27)31-12-18(25)24-16-7-5-4-6-14(16)21(26)23-13-8-9-13/h4-7,10-11,13H,8-9,12H2,1-3H3,(H,23,26)(H,24,25). The zero-order valence-electron chi connectivity index (χ0n) is 17.5. The molecule has 0 saturated heterocycles. The molecule has 0 aromatic heterocycles. The van der Waals surface area contributed by atoms with E-state index in [0.717, 1.165) is 12.8 Å². The Morgan fingerprint density at radius 3 is 2.26 bits per heavy atom. The summed E-state index contributed by atoms with van der Waals surface area (Å²) in [7, 11) is 4.26. The van der Waals surface area contributed by atoms with Gasteiger partial charge >= 0.3 is 5.97 Å². The first-order chi connectivity index (χ1) is 15.0. The third-order valence-electron chi connectivity index (χ3n) is 4.62. The molecule has 2 aromatic carbocycles. The smallest absolute Gasteiger partial charge is 0.342 e. The van der Waals surface area contributed by atoms with Crippen molar-refractivity contribution in [2.75, 3.05) is 33.3 Å². The summed E-state index contributed by atoms with van der Waals surface area (Å²) < 4.78 is 20.8. The highest BCUT2D eigenvalue weighted by molar-refractivity contribution is 6.04. The van der Waals surface area contributed by atoms with Crippen LogP contribution >= 0.6 is 0 Å². The number of hydrogen-bond donors (Lipinski definition) is 2. The molecule has 0 unspecified atom stereocenters. The minimum atomic E-state index is -0.771. The molecule has 9 nitrogen and oxygen atoms in total. The normalized spacial score (nSPS) is 12.5. The van der Waals surface area contributed by atoms with Gasteiger partial charge in [-0.05, 0) is 37.1 Å². The molecular formula is C22H24N2O7. The van der Waals surface area contributed by atoms with Crippen molar-refractivity contribution in [3.63, 3.8) is 0 Å². The maximum atomic E-state index is 12.5. The first-order valence-electron chi connectivity index (χ1n) is 9.64. The number of para-hydroxylation sites is 1. The van der Waals surface area contributed by atoms with Crippen LogP contribution in [0.3, 0.4) is 0 Å². The number of anilines is 1. The molecule has 2 amide bonds. The number of benzene rings is 2. The molecule has 2 aromatic rings. The number of carbonyl (C=O) groups excluding carboxylic acids is 3. The average Bonchev–Trinajstić information content (AvgIpc) is 3.60. The van der Waals surface area contributed by atoms with Gasteiger partial charge in [-0.2, -0.15) is 0 Å². The highest BCUT2D eigenvalue weighted by Gasteiger charge is 2.25. The molecule has 0 bridgehead atoms. The molecule has 9 heteroatoms. The second-order valence-electron chi connectivity index (χ2n) is 6.80. The summed E-state index contributed by atoms with van der Waals surface area (Å²) in [5.74, 6) is -0.860. The summed E-state index contributed by atoms with van der Waals surface area (Å²) in [5, 5.41) is 5.49. The fourth-order valence-electron chi connectivity index (χ4n) is 2.94. The molecule has 0 atom stereocenters. The number of rotatable bonds is 9. The maximum Gasteiger partial charge on any atom is 0.342 e. The van der Waals surface area contributed by atoms with Crippen molar-refractivity contribution in [1.82, 2.24) is 5.32 Å². The van der Waals surface area contributed by atoms with E-state index in [1.54, 1.807) is 24.3 Å². The van der Waals surface area contributed by atoms with Crippen LogP contribution in [0.4, 0.5) is 5.69 Å². The second-order valence-corrected chi connectivity index (χ2v) is 6.80. The monoisotopic (exact) mass is 428 g/mol. The van der Waals surface area contributed by atoms with Gasteiger partial charge in [0.05, 0.1) is 32.6 Å². The molecule has 164 valence electrons. The van der Waals surface area contributed by atoms with E-state index in [9.17, 15) is 14.4 Å².